The second-order valence-electron chi connectivity index (χ2n) is 3.34. The zero-order valence-corrected chi connectivity index (χ0v) is 9.84. The first-order valence-electron chi connectivity index (χ1n) is 4.70. The Kier molecular flexibility index (Phi) is 3.54. The molecule has 0 saturated heterocycles. The van der Waals surface area contributed by atoms with Gasteiger partial charge in [0.05, 0.1) is 17.0 Å². The van der Waals surface area contributed by atoms with Crippen LogP contribution in [0.15, 0.2) is 18.2 Å². The molecule has 0 bridgehead atoms. The predicted octanol–water partition coefficient (Wildman–Crippen LogP) is 1.45. The van der Waals surface area contributed by atoms with E-state index in [-0.39, 0.29) is 11.3 Å². The quantitative estimate of drug-likeness (QED) is 0.838. The summed E-state index contributed by atoms with van der Waals surface area (Å²) in [5.41, 5.74) is 1.13. The van der Waals surface area contributed by atoms with Crippen LogP contribution in [0.1, 0.15) is 22.8 Å². The number of hydrogen-bond donors (Lipinski definition) is 2. The first-order valence-corrected chi connectivity index (χ1v) is 6.35. The van der Waals surface area contributed by atoms with Crippen molar-refractivity contribution in [2.75, 3.05) is 10.5 Å². The Bertz CT molecular complexity index is 508. The van der Waals surface area contributed by atoms with Crippen LogP contribution in [-0.4, -0.2) is 25.2 Å². The number of sulfonamides is 1. The number of carboxylic acid groups (broad SMARTS) is 1. The minimum Gasteiger partial charge on any atom is -0.478 e. The Morgan fingerprint density at radius 1 is 1.44 bits per heavy atom. The summed E-state index contributed by atoms with van der Waals surface area (Å²) in [6.45, 7) is 3.18. The molecule has 0 spiro atoms. The van der Waals surface area contributed by atoms with Gasteiger partial charge in [0.15, 0.2) is 0 Å². The first kappa shape index (κ1) is 12.5. The Morgan fingerprint density at radius 2 is 2.06 bits per heavy atom. The molecule has 0 saturated carbocycles. The van der Waals surface area contributed by atoms with Crippen molar-refractivity contribution < 1.29 is 18.3 Å². The van der Waals surface area contributed by atoms with E-state index < -0.39 is 16.0 Å². The lowest BCUT2D eigenvalue weighted by molar-refractivity contribution is 0.0697. The van der Waals surface area contributed by atoms with Gasteiger partial charge in [0.1, 0.15) is 0 Å². The second-order valence-corrected chi connectivity index (χ2v) is 5.35. The van der Waals surface area contributed by atoms with E-state index in [2.05, 4.69) is 4.72 Å². The van der Waals surface area contributed by atoms with Gasteiger partial charge in [-0.2, -0.15) is 0 Å². The molecular weight excluding hydrogens is 230 g/mol. The van der Waals surface area contributed by atoms with Crippen LogP contribution in [0.3, 0.4) is 0 Å². The van der Waals surface area contributed by atoms with Gasteiger partial charge in [-0.25, -0.2) is 13.2 Å². The van der Waals surface area contributed by atoms with Crippen LogP contribution >= 0.6 is 0 Å². The summed E-state index contributed by atoms with van der Waals surface area (Å²) in [6.07, 6.45) is 0. The molecule has 0 aliphatic carbocycles. The normalized spacial score (nSPS) is 11.1. The van der Waals surface area contributed by atoms with Gasteiger partial charge in [0, 0.05) is 0 Å². The van der Waals surface area contributed by atoms with Crippen LogP contribution in [0.5, 0.6) is 0 Å². The number of carboxylic acids is 1. The largest absolute Gasteiger partial charge is 0.478 e. The Morgan fingerprint density at radius 3 is 2.50 bits per heavy atom. The van der Waals surface area contributed by atoms with Crippen molar-refractivity contribution in [3.05, 3.63) is 29.3 Å². The van der Waals surface area contributed by atoms with Crippen LogP contribution in [0, 0.1) is 6.92 Å². The third-order valence-electron chi connectivity index (χ3n) is 2.12. The van der Waals surface area contributed by atoms with Crippen molar-refractivity contribution in [2.45, 2.75) is 13.8 Å². The molecule has 1 aromatic rings. The summed E-state index contributed by atoms with van der Waals surface area (Å²) >= 11 is 0. The summed E-state index contributed by atoms with van der Waals surface area (Å²) in [4.78, 5) is 10.7. The second kappa shape index (κ2) is 4.52. The van der Waals surface area contributed by atoms with Crippen molar-refractivity contribution in [2.24, 2.45) is 0 Å². The number of nitrogens with one attached hydrogen (secondary N) is 1. The average Bonchev–Trinajstić information content (AvgIpc) is 2.20. The van der Waals surface area contributed by atoms with Crippen LogP contribution in [0.25, 0.3) is 0 Å². The van der Waals surface area contributed by atoms with E-state index in [1.165, 1.54) is 25.1 Å². The number of aryl methyl sites for hydroxylation is 1. The molecule has 0 atom stereocenters. The van der Waals surface area contributed by atoms with Crippen molar-refractivity contribution in [1.29, 1.82) is 0 Å². The summed E-state index contributed by atoms with van der Waals surface area (Å²) < 4.78 is 25.0. The van der Waals surface area contributed by atoms with E-state index in [1.807, 2.05) is 0 Å². The molecule has 0 unspecified atom stereocenters. The first-order chi connectivity index (χ1) is 7.35. The van der Waals surface area contributed by atoms with Crippen molar-refractivity contribution >= 4 is 21.7 Å². The fourth-order valence-electron chi connectivity index (χ4n) is 1.15. The van der Waals surface area contributed by atoms with Gasteiger partial charge in [-0.3, -0.25) is 4.72 Å². The molecule has 0 radical (unpaired) electrons. The average molecular weight is 243 g/mol. The zero-order chi connectivity index (χ0) is 12.3. The summed E-state index contributed by atoms with van der Waals surface area (Å²) in [5.74, 6) is -1.05. The fourth-order valence-corrected chi connectivity index (χ4v) is 1.86. The highest BCUT2D eigenvalue weighted by atomic mass is 32.2. The van der Waals surface area contributed by atoms with Crippen molar-refractivity contribution in [3.8, 4) is 0 Å². The molecule has 2 N–H and O–H groups in total. The van der Waals surface area contributed by atoms with E-state index in [1.54, 1.807) is 6.92 Å². The Balaban J connectivity index is 3.05. The molecule has 16 heavy (non-hydrogen) atoms. The number of rotatable bonds is 4. The maximum absolute atomic E-state index is 11.3. The standard InChI is InChI=1S/C10H13NO4S/c1-3-16(14,15)11-9-5-4-8(10(12)13)6-7(9)2/h4-6,11H,3H2,1-2H3,(H,12,13). The SMILES string of the molecule is CCS(=O)(=O)Nc1ccc(C(=O)O)cc1C. The van der Waals surface area contributed by atoms with Crippen molar-refractivity contribution in [3.63, 3.8) is 0 Å². The molecule has 1 rings (SSSR count). The smallest absolute Gasteiger partial charge is 0.335 e. The number of benzene rings is 1. The molecular formula is C10H13NO4S. The van der Waals surface area contributed by atoms with Gasteiger partial charge in [0.25, 0.3) is 0 Å². The van der Waals surface area contributed by atoms with E-state index in [4.69, 9.17) is 5.11 Å². The van der Waals surface area contributed by atoms with Gasteiger partial charge in [-0.05, 0) is 37.6 Å². The predicted molar refractivity (Wildman–Crippen MR) is 61.2 cm³/mol. The Hall–Kier alpha value is -1.56. The molecule has 0 heterocycles. The molecule has 0 aromatic heterocycles. The van der Waals surface area contributed by atoms with E-state index in [0.29, 0.717) is 11.3 Å². The fraction of sp³-hybridized carbons (Fsp3) is 0.300. The van der Waals surface area contributed by atoms with Gasteiger partial charge in [-0.15, -0.1) is 0 Å². The zero-order valence-electron chi connectivity index (χ0n) is 9.02. The third kappa shape index (κ3) is 2.96. The molecule has 1 aromatic carbocycles. The van der Waals surface area contributed by atoms with Crippen LogP contribution in [0.4, 0.5) is 5.69 Å². The Labute approximate surface area is 94.2 Å². The van der Waals surface area contributed by atoms with Gasteiger partial charge >= 0.3 is 5.97 Å². The minimum atomic E-state index is -3.33. The highest BCUT2D eigenvalue weighted by Gasteiger charge is 2.10. The maximum atomic E-state index is 11.3. The highest BCUT2D eigenvalue weighted by Crippen LogP contribution is 2.17. The van der Waals surface area contributed by atoms with E-state index in [0.717, 1.165) is 0 Å². The molecule has 5 nitrogen and oxygen atoms in total. The summed E-state index contributed by atoms with van der Waals surface area (Å²) in [7, 11) is -3.33. The minimum absolute atomic E-state index is 0.0207. The lowest BCUT2D eigenvalue weighted by atomic mass is 10.1. The van der Waals surface area contributed by atoms with Gasteiger partial charge in [-0.1, -0.05) is 0 Å². The monoisotopic (exact) mass is 243 g/mol. The molecule has 6 heteroatoms. The topological polar surface area (TPSA) is 83.5 Å². The van der Waals surface area contributed by atoms with Crippen molar-refractivity contribution in [1.82, 2.24) is 0 Å². The number of anilines is 1. The van der Waals surface area contributed by atoms with Gasteiger partial charge < -0.3 is 5.11 Å². The number of hydrogen-bond acceptors (Lipinski definition) is 3. The number of carbonyl (C=O) groups is 1. The van der Waals surface area contributed by atoms with Crippen LogP contribution in [-0.2, 0) is 10.0 Å². The van der Waals surface area contributed by atoms with Crippen LogP contribution in [0.2, 0.25) is 0 Å². The molecule has 0 fully saturated rings. The van der Waals surface area contributed by atoms with Gasteiger partial charge in [0.2, 0.25) is 10.0 Å². The molecule has 0 aliphatic heterocycles. The van der Waals surface area contributed by atoms with Crippen LogP contribution < -0.4 is 4.72 Å². The van der Waals surface area contributed by atoms with E-state index in [9.17, 15) is 13.2 Å². The third-order valence-corrected chi connectivity index (χ3v) is 3.41. The molecule has 0 aliphatic rings. The lowest BCUT2D eigenvalue weighted by Crippen LogP contribution is -2.15. The summed E-state index contributed by atoms with van der Waals surface area (Å²) in [6, 6.07) is 4.24. The molecule has 88 valence electrons. The number of aromatic carboxylic acids is 1. The maximum Gasteiger partial charge on any atom is 0.335 e. The lowest BCUT2D eigenvalue weighted by Gasteiger charge is -2.09. The summed E-state index contributed by atoms with van der Waals surface area (Å²) in [5, 5.41) is 8.74. The van der Waals surface area contributed by atoms with E-state index >= 15 is 0 Å². The highest BCUT2D eigenvalue weighted by molar-refractivity contribution is 7.92. The molecule has 0 amide bonds.